The van der Waals surface area contributed by atoms with Gasteiger partial charge in [0.25, 0.3) is 5.91 Å². The summed E-state index contributed by atoms with van der Waals surface area (Å²) >= 11 is 2.17. The summed E-state index contributed by atoms with van der Waals surface area (Å²) < 4.78 is 29.2. The van der Waals surface area contributed by atoms with Gasteiger partial charge in [0, 0.05) is 14.8 Å². The standard InChI is InChI=1S/C36H35IN4O8/c1-5-47-35(43)32-21(2)39-36(44)40-33(32)23-13-14-28(29(16-23)45-3)48-20-31(42)41-38-18-25-15-26(37)17-30(46-4)34(25)49-19-24-11-8-10-22-9-6-7-12-27(22)24/h6-18,33H,5,19-20H2,1-4H3,(H,41,42)(H2,39,40,44)/b38-18+/t33-/m0/s1. The number of nitrogens with one attached hydrogen (secondary N) is 3. The number of hydrogen-bond acceptors (Lipinski definition) is 9. The summed E-state index contributed by atoms with van der Waals surface area (Å²) in [6, 6.07) is 21.5. The summed E-state index contributed by atoms with van der Waals surface area (Å²) in [5.74, 6) is 0.504. The Balaban J connectivity index is 1.26. The number of benzene rings is 4. The highest BCUT2D eigenvalue weighted by molar-refractivity contribution is 14.1. The molecule has 0 radical (unpaired) electrons. The van der Waals surface area contributed by atoms with Gasteiger partial charge in [-0.2, -0.15) is 5.10 Å². The number of rotatable bonds is 13. The van der Waals surface area contributed by atoms with E-state index in [1.54, 1.807) is 39.2 Å². The molecule has 13 heteroatoms. The van der Waals surface area contributed by atoms with Crippen molar-refractivity contribution in [2.75, 3.05) is 27.4 Å². The molecule has 5 rings (SSSR count). The Morgan fingerprint density at radius 2 is 1.73 bits per heavy atom. The summed E-state index contributed by atoms with van der Waals surface area (Å²) in [5, 5.41) is 11.7. The van der Waals surface area contributed by atoms with Crippen LogP contribution in [0.2, 0.25) is 0 Å². The molecule has 4 aromatic rings. The van der Waals surface area contributed by atoms with Gasteiger partial charge in [0.2, 0.25) is 0 Å². The van der Waals surface area contributed by atoms with Crippen molar-refractivity contribution in [3.05, 3.63) is 104 Å². The summed E-state index contributed by atoms with van der Waals surface area (Å²) in [4.78, 5) is 37.6. The van der Waals surface area contributed by atoms with Crippen LogP contribution >= 0.6 is 22.6 Å². The predicted octanol–water partition coefficient (Wildman–Crippen LogP) is 5.76. The maximum atomic E-state index is 12.7. The topological polar surface area (TPSA) is 146 Å². The average molecular weight is 779 g/mol. The quantitative estimate of drug-likeness (QED) is 0.0673. The molecule has 12 nitrogen and oxygen atoms in total. The van der Waals surface area contributed by atoms with Crippen molar-refractivity contribution < 1.29 is 38.1 Å². The average Bonchev–Trinajstić information content (AvgIpc) is 3.09. The monoisotopic (exact) mass is 778 g/mol. The number of carbonyl (C=O) groups is 3. The van der Waals surface area contributed by atoms with E-state index in [4.69, 9.17) is 23.7 Å². The van der Waals surface area contributed by atoms with Crippen LogP contribution in [0.1, 0.15) is 36.6 Å². The fourth-order valence-corrected chi connectivity index (χ4v) is 5.93. The van der Waals surface area contributed by atoms with Gasteiger partial charge >= 0.3 is 12.0 Å². The van der Waals surface area contributed by atoms with Crippen molar-refractivity contribution in [1.29, 1.82) is 0 Å². The normalized spacial score (nSPS) is 14.2. The highest BCUT2D eigenvalue weighted by Gasteiger charge is 2.32. The van der Waals surface area contributed by atoms with E-state index in [1.807, 2.05) is 36.4 Å². The number of fused-ring (bicyclic) bond motifs is 1. The molecule has 1 aliphatic heterocycles. The number of hydrazone groups is 1. The minimum absolute atomic E-state index is 0.179. The van der Waals surface area contributed by atoms with Gasteiger partial charge in [0.15, 0.2) is 29.6 Å². The van der Waals surface area contributed by atoms with Gasteiger partial charge < -0.3 is 34.3 Å². The minimum atomic E-state index is -0.783. The van der Waals surface area contributed by atoms with E-state index in [2.05, 4.69) is 62.0 Å². The zero-order valence-electron chi connectivity index (χ0n) is 27.3. The van der Waals surface area contributed by atoms with Crippen molar-refractivity contribution in [3.8, 4) is 23.0 Å². The molecular formula is C36H35IN4O8. The van der Waals surface area contributed by atoms with Gasteiger partial charge in [-0.3, -0.25) is 4.79 Å². The van der Waals surface area contributed by atoms with Crippen molar-refractivity contribution >= 4 is 57.5 Å². The molecule has 1 atom stereocenters. The molecule has 0 saturated carbocycles. The van der Waals surface area contributed by atoms with Crippen LogP contribution in [0.4, 0.5) is 4.79 Å². The summed E-state index contributed by atoms with van der Waals surface area (Å²) in [6.07, 6.45) is 1.49. The second-order valence-corrected chi connectivity index (χ2v) is 12.0. The fraction of sp³-hybridized carbons (Fsp3) is 0.222. The van der Waals surface area contributed by atoms with E-state index >= 15 is 0 Å². The number of amides is 3. The zero-order valence-corrected chi connectivity index (χ0v) is 29.5. The van der Waals surface area contributed by atoms with E-state index in [0.717, 1.165) is 19.9 Å². The third-order valence-corrected chi connectivity index (χ3v) is 8.18. The Labute approximate surface area is 296 Å². The van der Waals surface area contributed by atoms with E-state index < -0.39 is 23.9 Å². The third kappa shape index (κ3) is 8.41. The van der Waals surface area contributed by atoms with Crippen LogP contribution < -0.4 is 35.0 Å². The summed E-state index contributed by atoms with van der Waals surface area (Å²) in [5.41, 5.74) is 5.31. The Morgan fingerprint density at radius 3 is 2.51 bits per heavy atom. The molecule has 0 saturated heterocycles. The maximum absolute atomic E-state index is 12.7. The number of ether oxygens (including phenoxy) is 5. The molecule has 0 unspecified atom stereocenters. The number of halogens is 1. The van der Waals surface area contributed by atoms with E-state index in [1.165, 1.54) is 13.3 Å². The lowest BCUT2D eigenvalue weighted by Crippen LogP contribution is -2.45. The lowest BCUT2D eigenvalue weighted by Gasteiger charge is -2.28. The Hall–Kier alpha value is -5.31. The van der Waals surface area contributed by atoms with Crippen LogP contribution in [0.5, 0.6) is 23.0 Å². The Bertz CT molecular complexity index is 1940. The lowest BCUT2D eigenvalue weighted by molar-refractivity contribution is -0.139. The predicted molar refractivity (Wildman–Crippen MR) is 192 cm³/mol. The number of urea groups is 1. The molecule has 1 heterocycles. The Kier molecular flexibility index (Phi) is 11.6. The number of esters is 1. The molecule has 4 aromatic carbocycles. The second-order valence-electron chi connectivity index (χ2n) is 10.7. The van der Waals surface area contributed by atoms with Crippen LogP contribution in [-0.2, 0) is 20.9 Å². The van der Waals surface area contributed by atoms with Crippen molar-refractivity contribution in [3.63, 3.8) is 0 Å². The van der Waals surface area contributed by atoms with Gasteiger partial charge in [0.05, 0.1) is 38.7 Å². The second kappa shape index (κ2) is 16.2. The highest BCUT2D eigenvalue weighted by atomic mass is 127. The van der Waals surface area contributed by atoms with Crippen LogP contribution in [0.15, 0.2) is 89.2 Å². The van der Waals surface area contributed by atoms with Crippen LogP contribution in [0.3, 0.4) is 0 Å². The largest absolute Gasteiger partial charge is 0.493 e. The van der Waals surface area contributed by atoms with Gasteiger partial charge in [0.1, 0.15) is 6.61 Å². The Morgan fingerprint density at radius 1 is 0.959 bits per heavy atom. The van der Waals surface area contributed by atoms with Crippen LogP contribution in [0, 0.1) is 3.57 Å². The first-order chi connectivity index (χ1) is 23.7. The van der Waals surface area contributed by atoms with Gasteiger partial charge in [-0.25, -0.2) is 15.0 Å². The molecular weight excluding hydrogens is 743 g/mol. The molecule has 0 bridgehead atoms. The maximum Gasteiger partial charge on any atom is 0.338 e. The van der Waals surface area contributed by atoms with Gasteiger partial charge in [-0.1, -0.05) is 48.5 Å². The first-order valence-corrected chi connectivity index (χ1v) is 16.3. The fourth-order valence-electron chi connectivity index (χ4n) is 5.31. The first kappa shape index (κ1) is 35.0. The van der Waals surface area contributed by atoms with Crippen molar-refractivity contribution in [1.82, 2.24) is 16.1 Å². The summed E-state index contributed by atoms with van der Waals surface area (Å²) in [6.45, 7) is 3.43. The number of carbonyl (C=O) groups excluding carboxylic acids is 3. The third-order valence-electron chi connectivity index (χ3n) is 7.56. The van der Waals surface area contributed by atoms with Gasteiger partial charge in [-0.05, 0) is 82.6 Å². The van der Waals surface area contributed by atoms with Crippen molar-refractivity contribution in [2.45, 2.75) is 26.5 Å². The van der Waals surface area contributed by atoms with E-state index in [0.29, 0.717) is 40.7 Å². The molecule has 1 aliphatic rings. The molecule has 0 aromatic heterocycles. The molecule has 0 spiro atoms. The number of allylic oxidation sites excluding steroid dienone is 1. The van der Waals surface area contributed by atoms with E-state index in [-0.39, 0.29) is 24.5 Å². The first-order valence-electron chi connectivity index (χ1n) is 15.3. The van der Waals surface area contributed by atoms with Gasteiger partial charge in [-0.15, -0.1) is 0 Å². The lowest BCUT2D eigenvalue weighted by atomic mass is 9.95. The van der Waals surface area contributed by atoms with Crippen molar-refractivity contribution in [2.24, 2.45) is 5.10 Å². The van der Waals surface area contributed by atoms with Crippen LogP contribution in [0.25, 0.3) is 10.8 Å². The van der Waals surface area contributed by atoms with Crippen LogP contribution in [-0.4, -0.2) is 51.6 Å². The molecule has 254 valence electrons. The SMILES string of the molecule is CCOC(=O)C1=C(C)NC(=O)N[C@H]1c1ccc(OCC(=O)N/N=C/c2cc(I)cc(OC)c2OCc2cccc3ccccc23)c(OC)c1. The smallest absolute Gasteiger partial charge is 0.338 e. The minimum Gasteiger partial charge on any atom is -0.493 e. The number of methoxy groups -OCH3 is 2. The molecule has 3 N–H and O–H groups in total. The summed E-state index contributed by atoms with van der Waals surface area (Å²) in [7, 11) is 3.01. The molecule has 3 amide bonds. The molecule has 0 fully saturated rings. The molecule has 0 aliphatic carbocycles. The number of nitrogens with zero attached hydrogens (tertiary/aromatic N) is 1. The number of hydrogen-bond donors (Lipinski definition) is 3. The molecule has 49 heavy (non-hydrogen) atoms. The highest BCUT2D eigenvalue weighted by Crippen LogP contribution is 2.35. The zero-order chi connectivity index (χ0) is 34.9. The van der Waals surface area contributed by atoms with E-state index in [9.17, 15) is 14.4 Å².